The summed E-state index contributed by atoms with van der Waals surface area (Å²) < 4.78 is 0. The van der Waals surface area contributed by atoms with Gasteiger partial charge >= 0.3 is 0 Å². The van der Waals surface area contributed by atoms with Gasteiger partial charge < -0.3 is 21.3 Å². The Hall–Kier alpha value is -2.64. The lowest BCUT2D eigenvalue weighted by atomic mass is 10.0. The molecule has 2 atom stereocenters. The first-order valence-corrected chi connectivity index (χ1v) is 7.18. The molecule has 0 fully saturated rings. The summed E-state index contributed by atoms with van der Waals surface area (Å²) in [6.45, 7) is 0.470. The molecular formula is C16H19N3O4. The van der Waals surface area contributed by atoms with E-state index in [1.165, 1.54) is 24.3 Å². The number of aromatic hydroxyl groups is 1. The van der Waals surface area contributed by atoms with Crippen molar-refractivity contribution in [3.8, 4) is 5.75 Å². The minimum Gasteiger partial charge on any atom is -0.508 e. The van der Waals surface area contributed by atoms with E-state index in [0.717, 1.165) is 0 Å². The second kappa shape index (κ2) is 7.57. The molecule has 0 saturated carbocycles. The van der Waals surface area contributed by atoms with Crippen LogP contribution in [0.5, 0.6) is 5.75 Å². The summed E-state index contributed by atoms with van der Waals surface area (Å²) in [5.41, 5.74) is 7.25. The summed E-state index contributed by atoms with van der Waals surface area (Å²) in [4.78, 5) is 10.3. The highest BCUT2D eigenvalue weighted by Gasteiger charge is 2.16. The second-order valence-electron chi connectivity index (χ2n) is 5.22. The molecule has 7 heteroatoms. The number of nitrogens with zero attached hydrogens (tertiary/aromatic N) is 1. The van der Waals surface area contributed by atoms with Crippen LogP contribution in [0.1, 0.15) is 18.1 Å². The maximum absolute atomic E-state index is 10.7. The van der Waals surface area contributed by atoms with Gasteiger partial charge in [0.1, 0.15) is 5.75 Å². The summed E-state index contributed by atoms with van der Waals surface area (Å²) >= 11 is 0. The number of non-ortho nitro benzene ring substituents is 1. The van der Waals surface area contributed by atoms with Gasteiger partial charge in [0.25, 0.3) is 5.69 Å². The molecule has 0 aliphatic carbocycles. The number of nitro benzene ring substituents is 1. The molecular weight excluding hydrogens is 298 g/mol. The van der Waals surface area contributed by atoms with Crippen molar-refractivity contribution in [1.82, 2.24) is 0 Å². The van der Waals surface area contributed by atoms with Gasteiger partial charge in [0.05, 0.1) is 11.0 Å². The highest BCUT2D eigenvalue weighted by molar-refractivity contribution is 5.50. The lowest BCUT2D eigenvalue weighted by Gasteiger charge is -2.19. The first-order valence-electron chi connectivity index (χ1n) is 7.18. The van der Waals surface area contributed by atoms with Crippen molar-refractivity contribution in [2.24, 2.45) is 5.73 Å². The minimum atomic E-state index is -0.845. The number of aliphatic hydroxyl groups is 1. The standard InChI is InChI=1S/C16H19N3O4/c17-15(16(21)11-4-6-14(20)7-5-11)8-9-18-12-2-1-3-13(10-12)19(22)23/h1-7,10,15-16,18,20-21H,8-9,17H2. The van der Waals surface area contributed by atoms with E-state index in [1.807, 2.05) is 0 Å². The molecule has 0 bridgehead atoms. The molecule has 2 unspecified atom stereocenters. The normalized spacial score (nSPS) is 13.3. The van der Waals surface area contributed by atoms with E-state index < -0.39 is 17.1 Å². The van der Waals surface area contributed by atoms with Gasteiger partial charge in [-0.2, -0.15) is 0 Å². The zero-order valence-electron chi connectivity index (χ0n) is 12.4. The van der Waals surface area contributed by atoms with Crippen LogP contribution in [0.25, 0.3) is 0 Å². The maximum atomic E-state index is 10.7. The molecule has 2 rings (SSSR count). The monoisotopic (exact) mass is 317 g/mol. The third-order valence-electron chi connectivity index (χ3n) is 3.50. The Bertz CT molecular complexity index is 661. The Kier molecular flexibility index (Phi) is 5.51. The molecule has 0 aliphatic rings. The average molecular weight is 317 g/mol. The molecule has 23 heavy (non-hydrogen) atoms. The summed E-state index contributed by atoms with van der Waals surface area (Å²) in [7, 11) is 0. The number of phenols is 1. The van der Waals surface area contributed by atoms with Crippen molar-refractivity contribution in [1.29, 1.82) is 0 Å². The Morgan fingerprint density at radius 1 is 1.22 bits per heavy atom. The van der Waals surface area contributed by atoms with E-state index in [0.29, 0.717) is 24.2 Å². The largest absolute Gasteiger partial charge is 0.508 e. The third-order valence-corrected chi connectivity index (χ3v) is 3.50. The fourth-order valence-corrected chi connectivity index (χ4v) is 2.19. The number of phenolic OH excluding ortho intramolecular Hbond substituents is 1. The minimum absolute atomic E-state index is 0.0171. The predicted molar refractivity (Wildman–Crippen MR) is 87.2 cm³/mol. The van der Waals surface area contributed by atoms with Gasteiger partial charge in [0, 0.05) is 30.4 Å². The van der Waals surface area contributed by atoms with E-state index in [-0.39, 0.29) is 11.4 Å². The number of aliphatic hydroxyl groups excluding tert-OH is 1. The lowest BCUT2D eigenvalue weighted by Crippen LogP contribution is -2.30. The predicted octanol–water partition coefficient (Wildman–Crippen LogP) is 2.16. The van der Waals surface area contributed by atoms with Crippen LogP contribution in [0.3, 0.4) is 0 Å². The molecule has 0 aliphatic heterocycles. The fourth-order valence-electron chi connectivity index (χ4n) is 2.19. The average Bonchev–Trinajstić information content (AvgIpc) is 2.55. The van der Waals surface area contributed by atoms with Gasteiger partial charge in [-0.3, -0.25) is 10.1 Å². The number of benzene rings is 2. The quantitative estimate of drug-likeness (QED) is 0.458. The van der Waals surface area contributed by atoms with Crippen LogP contribution in [0, 0.1) is 10.1 Å². The molecule has 5 N–H and O–H groups in total. The highest BCUT2D eigenvalue weighted by Crippen LogP contribution is 2.21. The number of hydrogen-bond donors (Lipinski definition) is 4. The first kappa shape index (κ1) is 16.7. The van der Waals surface area contributed by atoms with Crippen molar-refractivity contribution in [2.45, 2.75) is 18.6 Å². The van der Waals surface area contributed by atoms with E-state index in [2.05, 4.69) is 5.32 Å². The van der Waals surface area contributed by atoms with Crippen molar-refractivity contribution in [2.75, 3.05) is 11.9 Å². The van der Waals surface area contributed by atoms with Crippen molar-refractivity contribution < 1.29 is 15.1 Å². The number of nitrogens with two attached hydrogens (primary N) is 1. The van der Waals surface area contributed by atoms with E-state index in [9.17, 15) is 20.3 Å². The first-order chi connectivity index (χ1) is 11.0. The molecule has 0 saturated heterocycles. The topological polar surface area (TPSA) is 122 Å². The summed E-state index contributed by atoms with van der Waals surface area (Å²) in [5, 5.41) is 33.2. The van der Waals surface area contributed by atoms with Crippen LogP contribution >= 0.6 is 0 Å². The number of nitrogens with one attached hydrogen (secondary N) is 1. The summed E-state index contributed by atoms with van der Waals surface area (Å²) in [5.74, 6) is 0.127. The van der Waals surface area contributed by atoms with Crippen molar-refractivity contribution in [3.63, 3.8) is 0 Å². The van der Waals surface area contributed by atoms with Gasteiger partial charge in [-0.05, 0) is 30.2 Å². The maximum Gasteiger partial charge on any atom is 0.271 e. The molecule has 122 valence electrons. The fraction of sp³-hybridized carbons (Fsp3) is 0.250. The van der Waals surface area contributed by atoms with E-state index in [4.69, 9.17) is 5.73 Å². The van der Waals surface area contributed by atoms with Gasteiger partial charge in [0.15, 0.2) is 0 Å². The van der Waals surface area contributed by atoms with E-state index >= 15 is 0 Å². The molecule has 2 aromatic carbocycles. The zero-order valence-corrected chi connectivity index (χ0v) is 12.4. The number of anilines is 1. The Morgan fingerprint density at radius 2 is 1.91 bits per heavy atom. The van der Waals surface area contributed by atoms with Gasteiger partial charge in [-0.25, -0.2) is 0 Å². The Labute approximate surface area is 133 Å². The van der Waals surface area contributed by atoms with Crippen LogP contribution < -0.4 is 11.1 Å². The van der Waals surface area contributed by atoms with Gasteiger partial charge in [0.2, 0.25) is 0 Å². The summed E-state index contributed by atoms with van der Waals surface area (Å²) in [6.07, 6.45) is -0.368. The van der Waals surface area contributed by atoms with Crippen LogP contribution in [0.2, 0.25) is 0 Å². The highest BCUT2D eigenvalue weighted by atomic mass is 16.6. The van der Waals surface area contributed by atoms with Crippen LogP contribution in [0.15, 0.2) is 48.5 Å². The zero-order chi connectivity index (χ0) is 16.8. The SMILES string of the molecule is NC(CCNc1cccc([N+](=O)[O-])c1)C(O)c1ccc(O)cc1. The Morgan fingerprint density at radius 3 is 2.57 bits per heavy atom. The smallest absolute Gasteiger partial charge is 0.271 e. The van der Waals surface area contributed by atoms with E-state index in [1.54, 1.807) is 24.3 Å². The van der Waals surface area contributed by atoms with Gasteiger partial charge in [-0.15, -0.1) is 0 Å². The van der Waals surface area contributed by atoms with Crippen LogP contribution in [-0.4, -0.2) is 27.7 Å². The lowest BCUT2D eigenvalue weighted by molar-refractivity contribution is -0.384. The molecule has 0 amide bonds. The van der Waals surface area contributed by atoms with Crippen LogP contribution in [-0.2, 0) is 0 Å². The Balaban J connectivity index is 1.86. The second-order valence-corrected chi connectivity index (χ2v) is 5.22. The number of rotatable bonds is 7. The number of hydrogen-bond acceptors (Lipinski definition) is 6. The van der Waals surface area contributed by atoms with Crippen LogP contribution in [0.4, 0.5) is 11.4 Å². The van der Waals surface area contributed by atoms with Crippen molar-refractivity contribution in [3.05, 3.63) is 64.2 Å². The molecule has 2 aromatic rings. The van der Waals surface area contributed by atoms with Gasteiger partial charge in [-0.1, -0.05) is 18.2 Å². The molecule has 0 spiro atoms. The number of nitro groups is 1. The van der Waals surface area contributed by atoms with Crippen molar-refractivity contribution >= 4 is 11.4 Å². The molecule has 7 nitrogen and oxygen atoms in total. The molecule has 0 aromatic heterocycles. The molecule has 0 radical (unpaired) electrons. The molecule has 0 heterocycles. The third kappa shape index (κ3) is 4.67. The summed E-state index contributed by atoms with van der Waals surface area (Å²) in [6, 6.07) is 11.9.